The number of hydrogen-bond acceptors (Lipinski definition) is 1. The van der Waals surface area contributed by atoms with E-state index in [1.165, 1.54) is 0 Å². The fraction of sp³-hybridized carbons (Fsp3) is 0. The molecule has 0 amide bonds. The monoisotopic (exact) mass is 494 g/mol. The molecule has 0 atom stereocenters. The van der Waals surface area contributed by atoms with Crippen molar-refractivity contribution in [2.75, 3.05) is 0 Å². The minimum absolute atomic E-state index is 0.222. The van der Waals surface area contributed by atoms with E-state index in [0.29, 0.717) is 22.3 Å². The summed E-state index contributed by atoms with van der Waals surface area (Å²) < 4.78 is 71.3. The van der Waals surface area contributed by atoms with Crippen LogP contribution in [0.4, 0.5) is 0 Å². The van der Waals surface area contributed by atoms with Gasteiger partial charge in [0.15, 0.2) is 0 Å². The molecule has 0 nitrogen and oxygen atoms in total. The molecule has 1 aliphatic rings. The number of benzene rings is 7. The van der Waals surface area contributed by atoms with Gasteiger partial charge in [-0.2, -0.15) is 0 Å². The first-order chi connectivity index (χ1) is 21.7. The summed E-state index contributed by atoms with van der Waals surface area (Å²) in [5.41, 5.74) is 4.09. The van der Waals surface area contributed by atoms with Crippen molar-refractivity contribution in [2.24, 2.45) is 0 Å². The first-order valence-corrected chi connectivity index (χ1v) is 12.9. The van der Waals surface area contributed by atoms with Gasteiger partial charge in [-0.05, 0) is 72.4 Å². The Kier molecular flexibility index (Phi) is 3.15. The van der Waals surface area contributed by atoms with Gasteiger partial charge in [0.25, 0.3) is 0 Å². The van der Waals surface area contributed by atoms with Crippen LogP contribution in [0.25, 0.3) is 65.7 Å². The van der Waals surface area contributed by atoms with Crippen LogP contribution in [0.3, 0.4) is 0 Å². The molecule has 172 valence electrons. The molecule has 0 spiro atoms. The smallest absolute Gasteiger partial charge is 0.0629 e. The van der Waals surface area contributed by atoms with Crippen molar-refractivity contribution in [2.45, 2.75) is 9.79 Å². The third-order valence-corrected chi connectivity index (χ3v) is 8.24. The zero-order chi connectivity index (χ0) is 31.3. The van der Waals surface area contributed by atoms with Gasteiger partial charge in [-0.1, -0.05) is 133 Å². The second-order valence-electron chi connectivity index (χ2n) is 9.05. The Morgan fingerprint density at radius 1 is 0.432 bits per heavy atom. The second-order valence-corrected chi connectivity index (χ2v) is 10.1. The summed E-state index contributed by atoms with van der Waals surface area (Å²) in [7, 11) is 0. The molecule has 0 bridgehead atoms. The van der Waals surface area contributed by atoms with Crippen molar-refractivity contribution in [1.82, 2.24) is 0 Å². The van der Waals surface area contributed by atoms with Gasteiger partial charge >= 0.3 is 0 Å². The fourth-order valence-electron chi connectivity index (χ4n) is 5.59. The summed E-state index contributed by atoms with van der Waals surface area (Å²) in [5.74, 6) is 0. The Bertz CT molecular complexity index is 2360. The molecule has 0 aromatic heterocycles. The van der Waals surface area contributed by atoms with Crippen LogP contribution >= 0.6 is 11.8 Å². The van der Waals surface area contributed by atoms with Crippen molar-refractivity contribution in [1.29, 1.82) is 0 Å². The Labute approximate surface area is 231 Å². The first-order valence-electron chi connectivity index (χ1n) is 16.1. The van der Waals surface area contributed by atoms with E-state index in [9.17, 15) is 2.74 Å². The zero-order valence-corrected chi connectivity index (χ0v) is 20.3. The summed E-state index contributed by atoms with van der Waals surface area (Å²) >= 11 is 1.66. The largest absolute Gasteiger partial charge is 0.0888 e. The van der Waals surface area contributed by atoms with E-state index in [2.05, 4.69) is 18.2 Å². The van der Waals surface area contributed by atoms with Gasteiger partial charge in [0, 0.05) is 15.2 Å². The molecule has 1 heteroatoms. The van der Waals surface area contributed by atoms with E-state index in [1.54, 1.807) is 36.0 Å². The summed E-state index contributed by atoms with van der Waals surface area (Å²) in [4.78, 5) is 2.18. The Morgan fingerprint density at radius 2 is 1.05 bits per heavy atom. The minimum atomic E-state index is -0.403. The molecule has 37 heavy (non-hydrogen) atoms. The average Bonchev–Trinajstić information content (AvgIpc) is 3.07. The van der Waals surface area contributed by atoms with Crippen LogP contribution in [0.1, 0.15) is 11.0 Å². The van der Waals surface area contributed by atoms with Crippen LogP contribution in [-0.4, -0.2) is 0 Å². The fourth-order valence-corrected chi connectivity index (χ4v) is 6.72. The summed E-state index contributed by atoms with van der Waals surface area (Å²) in [6, 6.07) is 24.5. The maximum Gasteiger partial charge on any atom is 0.0629 e. The maximum atomic E-state index is 9.22. The van der Waals surface area contributed by atoms with E-state index >= 15 is 0 Å². The number of rotatable bonds is 2. The lowest BCUT2D eigenvalue weighted by Gasteiger charge is -2.23. The topological polar surface area (TPSA) is 0 Å². The Balaban J connectivity index is 1.68. The van der Waals surface area contributed by atoms with Gasteiger partial charge < -0.3 is 0 Å². The second kappa shape index (κ2) is 8.09. The SMILES string of the molecule is [2H]c1c([2H])c([2H])c2c(-c3ccc4c5c(cccc35)-c3ccccc3S4)c3c([2H])c([2H])c([2H])c([2H])c3c(-c3ccccc3)c2c1[2H]. The predicted octanol–water partition coefficient (Wildman–Crippen LogP) is 10.6. The van der Waals surface area contributed by atoms with Crippen LogP contribution in [0, 0.1) is 0 Å². The van der Waals surface area contributed by atoms with Crippen LogP contribution in [0.5, 0.6) is 0 Å². The summed E-state index contributed by atoms with van der Waals surface area (Å²) in [6.45, 7) is 0. The van der Waals surface area contributed by atoms with E-state index in [-0.39, 0.29) is 45.7 Å². The molecule has 8 rings (SSSR count). The van der Waals surface area contributed by atoms with Crippen LogP contribution in [-0.2, 0) is 0 Å². The van der Waals surface area contributed by atoms with Crippen molar-refractivity contribution in [3.8, 4) is 33.4 Å². The molecule has 0 fully saturated rings. The van der Waals surface area contributed by atoms with Crippen LogP contribution in [0.2, 0.25) is 0 Å². The lowest BCUT2D eigenvalue weighted by atomic mass is 9.84. The molecule has 1 aliphatic heterocycles. The van der Waals surface area contributed by atoms with Crippen molar-refractivity contribution in [3.05, 3.63) is 133 Å². The lowest BCUT2D eigenvalue weighted by Crippen LogP contribution is -1.95. The average molecular weight is 495 g/mol. The number of fused-ring (bicyclic) bond motifs is 4. The summed E-state index contributed by atoms with van der Waals surface area (Å²) in [6.07, 6.45) is 0. The van der Waals surface area contributed by atoms with Gasteiger partial charge in [0.2, 0.25) is 0 Å². The van der Waals surface area contributed by atoms with E-state index in [0.717, 1.165) is 31.7 Å². The van der Waals surface area contributed by atoms with Gasteiger partial charge in [-0.3, -0.25) is 0 Å². The molecular formula is C36H22S. The molecule has 0 radical (unpaired) electrons. The summed E-state index contributed by atoms with van der Waals surface area (Å²) in [5, 5.41) is 2.72. The molecule has 0 N–H and O–H groups in total. The molecule has 1 heterocycles. The van der Waals surface area contributed by atoms with Crippen LogP contribution < -0.4 is 0 Å². The molecule has 0 unspecified atom stereocenters. The molecule has 0 saturated heterocycles. The molecule has 0 saturated carbocycles. The quantitative estimate of drug-likeness (QED) is 0.215. The van der Waals surface area contributed by atoms with E-state index in [1.807, 2.05) is 42.5 Å². The third kappa shape index (κ3) is 3.05. The van der Waals surface area contributed by atoms with Gasteiger partial charge in [-0.15, -0.1) is 0 Å². The predicted molar refractivity (Wildman–Crippen MR) is 159 cm³/mol. The zero-order valence-electron chi connectivity index (χ0n) is 27.5. The van der Waals surface area contributed by atoms with Crippen molar-refractivity contribution < 1.29 is 11.0 Å². The van der Waals surface area contributed by atoms with Gasteiger partial charge in [0.1, 0.15) is 0 Å². The van der Waals surface area contributed by atoms with Gasteiger partial charge in [0.05, 0.1) is 11.0 Å². The molecule has 7 aromatic carbocycles. The lowest BCUT2D eigenvalue weighted by molar-refractivity contribution is 1.40. The normalized spacial score (nSPS) is 15.2. The molecular weight excluding hydrogens is 464 g/mol. The first kappa shape index (κ1) is 14.4. The van der Waals surface area contributed by atoms with Crippen molar-refractivity contribution >= 4 is 44.1 Å². The Hall–Kier alpha value is -4.33. The van der Waals surface area contributed by atoms with E-state index < -0.39 is 24.2 Å². The minimum Gasteiger partial charge on any atom is -0.0888 e. The van der Waals surface area contributed by atoms with Crippen LogP contribution in [0.15, 0.2) is 143 Å². The molecule has 0 aliphatic carbocycles. The highest BCUT2D eigenvalue weighted by atomic mass is 32.2. The highest BCUT2D eigenvalue weighted by Crippen LogP contribution is 2.51. The molecule has 7 aromatic rings. The highest BCUT2D eigenvalue weighted by Gasteiger charge is 2.22. The number of hydrogen-bond donors (Lipinski definition) is 0. The highest BCUT2D eigenvalue weighted by molar-refractivity contribution is 7.99. The maximum absolute atomic E-state index is 9.22. The Morgan fingerprint density at radius 3 is 1.78 bits per heavy atom. The van der Waals surface area contributed by atoms with Gasteiger partial charge in [-0.25, -0.2) is 0 Å². The standard InChI is InChI=1S/C36H22S/c1-2-11-23(12-3-1)34-26-14-4-6-16-28(26)35(29-17-7-5-15-27(29)34)31-21-22-33-36-25(18-10-19-30(31)36)24-13-8-9-20-32(24)37-33/h1-22H/i4D,5D,6D,7D,14D,15D,16D,17D. The van der Waals surface area contributed by atoms with E-state index in [4.69, 9.17) is 8.22 Å². The third-order valence-electron chi connectivity index (χ3n) is 7.11. The van der Waals surface area contributed by atoms with Crippen molar-refractivity contribution in [3.63, 3.8) is 0 Å².